The Morgan fingerprint density at radius 3 is 2.76 bits per heavy atom. The van der Waals surface area contributed by atoms with E-state index in [0.717, 1.165) is 0 Å². The molecule has 1 aromatic heterocycles. The first kappa shape index (κ1) is 13.0. The van der Waals surface area contributed by atoms with Crippen LogP contribution in [0.3, 0.4) is 0 Å². The van der Waals surface area contributed by atoms with Gasteiger partial charge in [0, 0.05) is 6.54 Å². The first-order valence-electron chi connectivity index (χ1n) is 4.81. The van der Waals surface area contributed by atoms with E-state index in [1.165, 1.54) is 17.9 Å². The highest BCUT2D eigenvalue weighted by atomic mass is 16.4. The number of hydrogen-bond acceptors (Lipinski definition) is 6. The quantitative estimate of drug-likeness (QED) is 0.527. The fraction of sp³-hybridized carbons (Fsp3) is 0.625. The summed E-state index contributed by atoms with van der Waals surface area (Å²) < 4.78 is 1.21. The Balaban J connectivity index is 2.35. The number of aromatic nitrogens is 4. The van der Waals surface area contributed by atoms with Gasteiger partial charge in [0.05, 0.1) is 12.0 Å². The largest absolute Gasteiger partial charge is 0.481 e. The molecule has 94 valence electrons. The van der Waals surface area contributed by atoms with Crippen LogP contribution in [0.25, 0.3) is 0 Å². The van der Waals surface area contributed by atoms with E-state index in [9.17, 15) is 14.7 Å². The molecule has 1 aromatic rings. The Hall–Kier alpha value is -2.03. The second-order valence-electron chi connectivity index (χ2n) is 3.85. The van der Waals surface area contributed by atoms with Gasteiger partial charge in [-0.3, -0.25) is 9.59 Å². The van der Waals surface area contributed by atoms with Crippen molar-refractivity contribution >= 4 is 11.9 Å². The molecule has 9 nitrogen and oxygen atoms in total. The molecule has 0 aliphatic carbocycles. The van der Waals surface area contributed by atoms with Gasteiger partial charge in [-0.15, -0.1) is 5.10 Å². The van der Waals surface area contributed by atoms with Crippen LogP contribution in [0, 0.1) is 0 Å². The van der Waals surface area contributed by atoms with Crippen LogP contribution in [-0.2, 0) is 16.1 Å². The molecule has 0 saturated heterocycles. The third-order valence-electron chi connectivity index (χ3n) is 1.90. The summed E-state index contributed by atoms with van der Waals surface area (Å²) >= 11 is 0. The minimum absolute atomic E-state index is 0.0872. The molecule has 0 fully saturated rings. The van der Waals surface area contributed by atoms with Gasteiger partial charge in [-0.2, -0.15) is 0 Å². The Bertz CT molecular complexity index is 389. The molecule has 0 bridgehead atoms. The SMILES string of the molecule is CC(O)(CNC(=O)Cn1cnnn1)CC(=O)O. The Kier molecular flexibility index (Phi) is 4.10. The molecule has 1 rings (SSSR count). The number of carboxylic acid groups (broad SMARTS) is 1. The molecule has 0 spiro atoms. The predicted octanol–water partition coefficient (Wildman–Crippen LogP) is -1.98. The van der Waals surface area contributed by atoms with Crippen LogP contribution in [0.2, 0.25) is 0 Å². The Labute approximate surface area is 96.4 Å². The van der Waals surface area contributed by atoms with Crippen molar-refractivity contribution in [1.82, 2.24) is 25.5 Å². The molecule has 3 N–H and O–H groups in total. The first-order valence-corrected chi connectivity index (χ1v) is 4.81. The third-order valence-corrected chi connectivity index (χ3v) is 1.90. The van der Waals surface area contributed by atoms with Crippen LogP contribution >= 0.6 is 0 Å². The van der Waals surface area contributed by atoms with Crippen molar-refractivity contribution < 1.29 is 19.8 Å². The van der Waals surface area contributed by atoms with Crippen LogP contribution in [0.5, 0.6) is 0 Å². The summed E-state index contributed by atoms with van der Waals surface area (Å²) in [6, 6.07) is 0. The summed E-state index contributed by atoms with van der Waals surface area (Å²) in [6.07, 6.45) is 0.827. The van der Waals surface area contributed by atoms with Crippen LogP contribution < -0.4 is 5.32 Å². The molecule has 0 radical (unpaired) electrons. The number of carbonyl (C=O) groups excluding carboxylic acids is 1. The van der Waals surface area contributed by atoms with E-state index in [-0.39, 0.29) is 13.1 Å². The molecule has 0 aliphatic rings. The number of hydrogen-bond donors (Lipinski definition) is 3. The first-order chi connectivity index (χ1) is 7.89. The van der Waals surface area contributed by atoms with Crippen molar-refractivity contribution in [2.24, 2.45) is 0 Å². The molecular weight excluding hydrogens is 230 g/mol. The van der Waals surface area contributed by atoms with Gasteiger partial charge in [-0.1, -0.05) is 0 Å². The number of tetrazole rings is 1. The number of nitrogens with one attached hydrogen (secondary N) is 1. The second kappa shape index (κ2) is 5.34. The zero-order chi connectivity index (χ0) is 12.9. The van der Waals surface area contributed by atoms with E-state index in [1.807, 2.05) is 0 Å². The second-order valence-corrected chi connectivity index (χ2v) is 3.85. The lowest BCUT2D eigenvalue weighted by Crippen LogP contribution is -2.43. The molecule has 1 amide bonds. The Morgan fingerprint density at radius 1 is 1.53 bits per heavy atom. The zero-order valence-electron chi connectivity index (χ0n) is 9.20. The van der Waals surface area contributed by atoms with Gasteiger partial charge in [0.1, 0.15) is 12.9 Å². The zero-order valence-corrected chi connectivity index (χ0v) is 9.20. The average Bonchev–Trinajstić information content (AvgIpc) is 2.65. The monoisotopic (exact) mass is 243 g/mol. The van der Waals surface area contributed by atoms with Gasteiger partial charge in [-0.05, 0) is 17.4 Å². The third kappa shape index (κ3) is 5.02. The highest BCUT2D eigenvalue weighted by molar-refractivity contribution is 5.75. The van der Waals surface area contributed by atoms with E-state index >= 15 is 0 Å². The molecule has 1 heterocycles. The van der Waals surface area contributed by atoms with E-state index < -0.39 is 23.9 Å². The number of amides is 1. The summed E-state index contributed by atoms with van der Waals surface area (Å²) in [5.74, 6) is -1.55. The number of carbonyl (C=O) groups is 2. The van der Waals surface area contributed by atoms with E-state index in [4.69, 9.17) is 5.11 Å². The maximum absolute atomic E-state index is 11.4. The van der Waals surface area contributed by atoms with Gasteiger partial charge < -0.3 is 15.5 Å². The summed E-state index contributed by atoms with van der Waals surface area (Å²) in [4.78, 5) is 21.8. The number of aliphatic carboxylic acids is 1. The lowest BCUT2D eigenvalue weighted by Gasteiger charge is -2.21. The standard InChI is InChI=1S/C8H13N5O4/c1-8(17,2-7(15)16)4-9-6(14)3-13-5-10-11-12-13/h5,17H,2-4H2,1H3,(H,9,14)(H,15,16). The van der Waals surface area contributed by atoms with Crippen molar-refractivity contribution in [3.63, 3.8) is 0 Å². The molecular formula is C8H13N5O4. The summed E-state index contributed by atoms with van der Waals surface area (Å²) in [5.41, 5.74) is -1.48. The van der Waals surface area contributed by atoms with Crippen molar-refractivity contribution in [3.05, 3.63) is 6.33 Å². The normalized spacial score (nSPS) is 14.0. The van der Waals surface area contributed by atoms with Crippen molar-refractivity contribution in [1.29, 1.82) is 0 Å². The van der Waals surface area contributed by atoms with Gasteiger partial charge in [0.25, 0.3) is 0 Å². The van der Waals surface area contributed by atoms with E-state index in [0.29, 0.717) is 0 Å². The number of rotatable bonds is 6. The van der Waals surface area contributed by atoms with Crippen LogP contribution in [0.1, 0.15) is 13.3 Å². The van der Waals surface area contributed by atoms with Crippen LogP contribution in [0.4, 0.5) is 0 Å². The van der Waals surface area contributed by atoms with Gasteiger partial charge in [0.2, 0.25) is 5.91 Å². The molecule has 1 unspecified atom stereocenters. The molecule has 0 saturated carbocycles. The fourth-order valence-electron chi connectivity index (χ4n) is 1.13. The van der Waals surface area contributed by atoms with Crippen LogP contribution in [-0.4, -0.2) is 54.4 Å². The number of nitrogens with zero attached hydrogens (tertiary/aromatic N) is 4. The highest BCUT2D eigenvalue weighted by Crippen LogP contribution is 2.07. The predicted molar refractivity (Wildman–Crippen MR) is 53.7 cm³/mol. The highest BCUT2D eigenvalue weighted by Gasteiger charge is 2.24. The molecule has 17 heavy (non-hydrogen) atoms. The molecule has 9 heteroatoms. The topological polar surface area (TPSA) is 130 Å². The fourth-order valence-corrected chi connectivity index (χ4v) is 1.13. The Morgan fingerprint density at radius 2 is 2.24 bits per heavy atom. The van der Waals surface area contributed by atoms with Gasteiger partial charge in [0.15, 0.2) is 0 Å². The van der Waals surface area contributed by atoms with Crippen LogP contribution in [0.15, 0.2) is 6.33 Å². The summed E-state index contributed by atoms with van der Waals surface area (Å²) in [7, 11) is 0. The maximum atomic E-state index is 11.4. The van der Waals surface area contributed by atoms with Crippen molar-refractivity contribution in [2.45, 2.75) is 25.5 Å². The van der Waals surface area contributed by atoms with Crippen molar-refractivity contribution in [2.75, 3.05) is 6.54 Å². The molecule has 1 atom stereocenters. The summed E-state index contributed by atoms with van der Waals surface area (Å²) in [5, 5.41) is 30.7. The lowest BCUT2D eigenvalue weighted by atomic mass is 10.0. The number of carboxylic acids is 1. The molecule has 0 aliphatic heterocycles. The smallest absolute Gasteiger partial charge is 0.306 e. The van der Waals surface area contributed by atoms with Gasteiger partial charge in [-0.25, -0.2) is 4.68 Å². The molecule has 0 aromatic carbocycles. The van der Waals surface area contributed by atoms with Crippen molar-refractivity contribution in [3.8, 4) is 0 Å². The minimum atomic E-state index is -1.48. The lowest BCUT2D eigenvalue weighted by molar-refractivity contribution is -0.142. The minimum Gasteiger partial charge on any atom is -0.481 e. The van der Waals surface area contributed by atoms with E-state index in [1.54, 1.807) is 0 Å². The number of aliphatic hydroxyl groups is 1. The van der Waals surface area contributed by atoms with E-state index in [2.05, 4.69) is 20.8 Å². The summed E-state index contributed by atoms with van der Waals surface area (Å²) in [6.45, 7) is 1.09. The van der Waals surface area contributed by atoms with Gasteiger partial charge >= 0.3 is 5.97 Å². The maximum Gasteiger partial charge on any atom is 0.306 e. The average molecular weight is 243 g/mol.